The maximum atomic E-state index is 12.1. The Hall–Kier alpha value is -1.24. The van der Waals surface area contributed by atoms with Crippen LogP contribution in [0.5, 0.6) is 11.6 Å². The van der Waals surface area contributed by atoms with Crippen molar-refractivity contribution in [1.82, 2.24) is 4.98 Å². The number of hydrogen-bond donors (Lipinski definition) is 0. The average molecular weight is 358 g/mol. The maximum Gasteiger partial charge on any atom is 0.574 e. The molecule has 1 aromatic heterocycles. The molecule has 0 aliphatic rings. The van der Waals surface area contributed by atoms with Gasteiger partial charge in [-0.25, -0.2) is 4.98 Å². The Morgan fingerprint density at radius 2 is 2.18 bits per heavy atom. The van der Waals surface area contributed by atoms with Gasteiger partial charge in [0.15, 0.2) is 5.75 Å². The Balaban J connectivity index is 3.20. The predicted octanol–water partition coefficient (Wildman–Crippen LogP) is 2.66. The van der Waals surface area contributed by atoms with Gasteiger partial charge in [-0.1, -0.05) is 0 Å². The molecule has 0 spiro atoms. The molecule has 8 heteroatoms. The van der Waals surface area contributed by atoms with Gasteiger partial charge in [0.1, 0.15) is 0 Å². The molecule has 0 amide bonds. The molecule has 0 aliphatic carbocycles. The Morgan fingerprint density at radius 1 is 1.53 bits per heavy atom. The van der Waals surface area contributed by atoms with E-state index in [9.17, 15) is 13.2 Å². The highest BCUT2D eigenvalue weighted by molar-refractivity contribution is 14.1. The number of methoxy groups -OCH3 is 1. The predicted molar refractivity (Wildman–Crippen MR) is 59.5 cm³/mol. The van der Waals surface area contributed by atoms with Gasteiger partial charge in [0.05, 0.1) is 28.9 Å². The van der Waals surface area contributed by atoms with Crippen molar-refractivity contribution < 1.29 is 22.6 Å². The summed E-state index contributed by atoms with van der Waals surface area (Å²) in [6.45, 7) is 0. The van der Waals surface area contributed by atoms with Crippen LogP contribution in [0.25, 0.3) is 0 Å². The van der Waals surface area contributed by atoms with Crippen LogP contribution in [-0.4, -0.2) is 18.5 Å². The van der Waals surface area contributed by atoms with Crippen molar-refractivity contribution in [2.45, 2.75) is 12.8 Å². The van der Waals surface area contributed by atoms with Crippen molar-refractivity contribution >= 4 is 22.6 Å². The minimum atomic E-state index is -4.85. The lowest BCUT2D eigenvalue weighted by molar-refractivity contribution is -0.276. The Morgan fingerprint density at radius 3 is 2.65 bits per heavy atom. The fourth-order valence-electron chi connectivity index (χ4n) is 1.06. The van der Waals surface area contributed by atoms with Crippen LogP contribution in [-0.2, 0) is 6.42 Å². The Kier molecular flexibility index (Phi) is 4.39. The zero-order valence-corrected chi connectivity index (χ0v) is 10.7. The summed E-state index contributed by atoms with van der Waals surface area (Å²) in [5.74, 6) is -0.790. The molecule has 0 saturated carbocycles. The molecular formula is C9H6F3IN2O2. The largest absolute Gasteiger partial charge is 0.574 e. The van der Waals surface area contributed by atoms with Gasteiger partial charge >= 0.3 is 6.36 Å². The van der Waals surface area contributed by atoms with E-state index >= 15 is 0 Å². The quantitative estimate of drug-likeness (QED) is 0.780. The molecule has 0 N–H and O–H groups in total. The van der Waals surface area contributed by atoms with Crippen molar-refractivity contribution in [2.24, 2.45) is 0 Å². The lowest BCUT2D eigenvalue weighted by Crippen LogP contribution is -2.19. The van der Waals surface area contributed by atoms with Crippen LogP contribution < -0.4 is 9.47 Å². The number of halogens is 4. The summed E-state index contributed by atoms with van der Waals surface area (Å²) in [6, 6.07) is 3.26. The number of rotatable bonds is 3. The molecular weight excluding hydrogens is 352 g/mol. The zero-order chi connectivity index (χ0) is 13.1. The van der Waals surface area contributed by atoms with E-state index in [1.807, 2.05) is 0 Å². The molecule has 0 aliphatic heterocycles. The minimum Gasteiger partial charge on any atom is -0.490 e. The minimum absolute atomic E-state index is 0.103. The topological polar surface area (TPSA) is 55.1 Å². The van der Waals surface area contributed by atoms with Gasteiger partial charge < -0.3 is 9.47 Å². The third kappa shape index (κ3) is 3.92. The number of alkyl halides is 3. The molecule has 92 valence electrons. The normalized spacial score (nSPS) is 10.8. The fourth-order valence-corrected chi connectivity index (χ4v) is 1.87. The van der Waals surface area contributed by atoms with Crippen LogP contribution in [0.1, 0.15) is 5.69 Å². The summed E-state index contributed by atoms with van der Waals surface area (Å²) < 4.78 is 45.3. The van der Waals surface area contributed by atoms with Gasteiger partial charge in [-0.2, -0.15) is 5.26 Å². The smallest absolute Gasteiger partial charge is 0.490 e. The van der Waals surface area contributed by atoms with Crippen LogP contribution in [0.4, 0.5) is 13.2 Å². The summed E-state index contributed by atoms with van der Waals surface area (Å²) in [5, 5.41) is 8.47. The monoisotopic (exact) mass is 358 g/mol. The van der Waals surface area contributed by atoms with Crippen LogP contribution >= 0.6 is 22.6 Å². The maximum absolute atomic E-state index is 12.1. The van der Waals surface area contributed by atoms with Crippen LogP contribution in [0.2, 0.25) is 0 Å². The molecule has 0 saturated heterocycles. The first kappa shape index (κ1) is 13.8. The van der Waals surface area contributed by atoms with Crippen LogP contribution in [0, 0.1) is 14.9 Å². The van der Waals surface area contributed by atoms with E-state index in [0.29, 0.717) is 3.57 Å². The second kappa shape index (κ2) is 5.39. The average Bonchev–Trinajstić information content (AvgIpc) is 2.15. The van der Waals surface area contributed by atoms with Gasteiger partial charge in [0, 0.05) is 0 Å². The Labute approximate surface area is 108 Å². The molecule has 17 heavy (non-hydrogen) atoms. The number of ether oxygens (including phenoxy) is 2. The van der Waals surface area contributed by atoms with E-state index in [1.54, 1.807) is 28.7 Å². The fraction of sp³-hybridized carbons (Fsp3) is 0.333. The molecule has 0 fully saturated rings. The molecule has 0 aromatic carbocycles. The number of nitriles is 1. The first-order chi connectivity index (χ1) is 7.87. The molecule has 0 bridgehead atoms. The van der Waals surface area contributed by atoms with Gasteiger partial charge in [-0.05, 0) is 28.7 Å². The van der Waals surface area contributed by atoms with Crippen molar-refractivity contribution in [1.29, 1.82) is 5.26 Å². The van der Waals surface area contributed by atoms with Crippen molar-refractivity contribution in [2.75, 3.05) is 7.11 Å². The second-order valence-corrected chi connectivity index (χ2v) is 3.98. The number of pyridine rings is 1. The van der Waals surface area contributed by atoms with Gasteiger partial charge in [0.25, 0.3) is 5.88 Å². The van der Waals surface area contributed by atoms with Crippen molar-refractivity contribution in [3.05, 3.63) is 15.3 Å². The van der Waals surface area contributed by atoms with E-state index in [1.165, 1.54) is 13.2 Å². The van der Waals surface area contributed by atoms with E-state index in [0.717, 1.165) is 0 Å². The van der Waals surface area contributed by atoms with Gasteiger partial charge in [-0.15, -0.1) is 13.2 Å². The molecule has 1 rings (SSSR count). The second-order valence-electron chi connectivity index (χ2n) is 2.82. The number of hydrogen-bond acceptors (Lipinski definition) is 4. The first-order valence-electron chi connectivity index (χ1n) is 4.23. The molecule has 0 radical (unpaired) electrons. The van der Waals surface area contributed by atoms with E-state index in [2.05, 4.69) is 9.72 Å². The van der Waals surface area contributed by atoms with Gasteiger partial charge in [0.2, 0.25) is 0 Å². The molecule has 1 aromatic rings. The SMILES string of the molecule is COc1c(I)cc(CC#N)nc1OC(F)(F)F. The summed E-state index contributed by atoms with van der Waals surface area (Å²) >= 11 is 1.78. The summed E-state index contributed by atoms with van der Waals surface area (Å²) in [6.07, 6.45) is -4.96. The van der Waals surface area contributed by atoms with Crippen molar-refractivity contribution in [3.63, 3.8) is 0 Å². The third-order valence-corrected chi connectivity index (χ3v) is 2.43. The highest BCUT2D eigenvalue weighted by Crippen LogP contribution is 2.34. The third-order valence-electron chi connectivity index (χ3n) is 1.63. The van der Waals surface area contributed by atoms with E-state index < -0.39 is 12.2 Å². The summed E-state index contributed by atoms with van der Waals surface area (Å²) in [7, 11) is 1.21. The molecule has 1 heterocycles. The Bertz CT molecular complexity index is 457. The van der Waals surface area contributed by atoms with E-state index in [4.69, 9.17) is 10.00 Å². The molecule has 4 nitrogen and oxygen atoms in total. The van der Waals surface area contributed by atoms with Crippen LogP contribution in [0.15, 0.2) is 6.07 Å². The highest BCUT2D eigenvalue weighted by atomic mass is 127. The van der Waals surface area contributed by atoms with Crippen LogP contribution in [0.3, 0.4) is 0 Å². The zero-order valence-electron chi connectivity index (χ0n) is 8.51. The van der Waals surface area contributed by atoms with E-state index in [-0.39, 0.29) is 17.9 Å². The number of nitrogens with zero attached hydrogens (tertiary/aromatic N) is 2. The lowest BCUT2D eigenvalue weighted by atomic mass is 10.3. The van der Waals surface area contributed by atoms with Crippen molar-refractivity contribution in [3.8, 4) is 17.7 Å². The first-order valence-corrected chi connectivity index (χ1v) is 5.31. The molecule has 0 atom stereocenters. The summed E-state index contributed by atoms with van der Waals surface area (Å²) in [5.41, 5.74) is 0.192. The standard InChI is InChI=1S/C9H6F3IN2O2/c1-16-7-6(13)4-5(2-3-14)15-8(7)17-9(10,11)12/h4H,2H2,1H3. The highest BCUT2D eigenvalue weighted by Gasteiger charge is 2.34. The van der Waals surface area contributed by atoms with Gasteiger partial charge in [-0.3, -0.25) is 0 Å². The number of aromatic nitrogens is 1. The lowest BCUT2D eigenvalue weighted by Gasteiger charge is -2.13. The molecule has 0 unspecified atom stereocenters. The summed E-state index contributed by atoms with van der Waals surface area (Å²) in [4.78, 5) is 3.58.